The summed E-state index contributed by atoms with van der Waals surface area (Å²) in [7, 11) is -3.39. The topological polar surface area (TPSA) is 35.5 Å². The van der Waals surface area contributed by atoms with Crippen molar-refractivity contribution < 1.29 is 13.6 Å². The van der Waals surface area contributed by atoms with Gasteiger partial charge in [0.05, 0.1) is 6.61 Å². The molecule has 0 unspecified atom stereocenters. The first-order chi connectivity index (χ1) is 6.70. The summed E-state index contributed by atoms with van der Waals surface area (Å²) in [4.78, 5) is 0. The molecule has 1 atom stereocenters. The van der Waals surface area contributed by atoms with Crippen LogP contribution in [-0.4, -0.2) is 6.61 Å². The standard InChI is InChI=1S/C10H11O3P/c1-3-12-14(11,4-2)13-10-8-6-5-7-9-10/h2,5-9H,3H2,1H3/t14-/m0/s1. The molecule has 4 heteroatoms. The lowest BCUT2D eigenvalue weighted by Gasteiger charge is -2.12. The maximum Gasteiger partial charge on any atom is 0.456 e. The van der Waals surface area contributed by atoms with Gasteiger partial charge in [-0.05, 0) is 19.1 Å². The molecule has 0 radical (unpaired) electrons. The summed E-state index contributed by atoms with van der Waals surface area (Å²) >= 11 is 0. The fourth-order valence-electron chi connectivity index (χ4n) is 0.880. The third-order valence-corrected chi connectivity index (χ3v) is 2.79. The maximum absolute atomic E-state index is 11.7. The van der Waals surface area contributed by atoms with Gasteiger partial charge >= 0.3 is 7.60 Å². The molecule has 0 heterocycles. The molecule has 0 spiro atoms. The van der Waals surface area contributed by atoms with E-state index in [0.29, 0.717) is 5.75 Å². The summed E-state index contributed by atoms with van der Waals surface area (Å²) in [5, 5.41) is 0. The van der Waals surface area contributed by atoms with Gasteiger partial charge in [-0.25, -0.2) is 4.57 Å². The van der Waals surface area contributed by atoms with Crippen LogP contribution in [0.2, 0.25) is 0 Å². The van der Waals surface area contributed by atoms with Crippen LogP contribution in [0.1, 0.15) is 6.92 Å². The normalized spacial score (nSPS) is 14.0. The largest absolute Gasteiger partial charge is 0.456 e. The van der Waals surface area contributed by atoms with Gasteiger partial charge in [-0.1, -0.05) is 18.2 Å². The van der Waals surface area contributed by atoms with Crippen molar-refractivity contribution in [2.45, 2.75) is 6.92 Å². The molecule has 0 N–H and O–H groups in total. The van der Waals surface area contributed by atoms with Gasteiger partial charge in [0.25, 0.3) is 0 Å². The van der Waals surface area contributed by atoms with Gasteiger partial charge in [-0.3, -0.25) is 4.52 Å². The van der Waals surface area contributed by atoms with Crippen LogP contribution >= 0.6 is 7.60 Å². The zero-order chi connectivity index (χ0) is 10.4. The third-order valence-electron chi connectivity index (χ3n) is 1.43. The first-order valence-electron chi connectivity index (χ1n) is 4.17. The monoisotopic (exact) mass is 210 g/mol. The molecule has 0 aliphatic heterocycles. The highest BCUT2D eigenvalue weighted by molar-refractivity contribution is 7.59. The summed E-state index contributed by atoms with van der Waals surface area (Å²) in [5.41, 5.74) is 2.04. The first kappa shape index (κ1) is 10.8. The predicted molar refractivity (Wildman–Crippen MR) is 55.1 cm³/mol. The minimum absolute atomic E-state index is 0.258. The van der Waals surface area contributed by atoms with Crippen molar-refractivity contribution >= 4 is 7.60 Å². The van der Waals surface area contributed by atoms with Crippen molar-refractivity contribution in [1.82, 2.24) is 0 Å². The van der Waals surface area contributed by atoms with Crippen molar-refractivity contribution in [3.63, 3.8) is 0 Å². The molecule has 1 aromatic rings. The van der Waals surface area contributed by atoms with Gasteiger partial charge in [0, 0.05) is 5.66 Å². The SMILES string of the molecule is C#C[P@](=O)(OCC)Oc1ccccc1. The smallest absolute Gasteiger partial charge is 0.416 e. The molecular formula is C10H11O3P. The van der Waals surface area contributed by atoms with Crippen molar-refractivity contribution in [3.8, 4) is 17.8 Å². The molecule has 1 aromatic carbocycles. The van der Waals surface area contributed by atoms with Crippen LogP contribution in [0.15, 0.2) is 30.3 Å². The van der Waals surface area contributed by atoms with Crippen LogP contribution in [0.4, 0.5) is 0 Å². The number of hydrogen-bond donors (Lipinski definition) is 0. The molecule has 0 bridgehead atoms. The van der Waals surface area contributed by atoms with E-state index < -0.39 is 7.60 Å². The average Bonchev–Trinajstić information content (AvgIpc) is 2.20. The van der Waals surface area contributed by atoms with E-state index in [0.717, 1.165) is 0 Å². The molecule has 0 aliphatic carbocycles. The second-order valence-electron chi connectivity index (χ2n) is 2.45. The van der Waals surface area contributed by atoms with Crippen LogP contribution in [0.5, 0.6) is 5.75 Å². The Hall–Kier alpha value is -1.23. The van der Waals surface area contributed by atoms with E-state index in [4.69, 9.17) is 15.5 Å². The predicted octanol–water partition coefficient (Wildman–Crippen LogP) is 2.89. The number of benzene rings is 1. The van der Waals surface area contributed by atoms with Gasteiger partial charge in [0.15, 0.2) is 0 Å². The van der Waals surface area contributed by atoms with E-state index in [2.05, 4.69) is 0 Å². The van der Waals surface area contributed by atoms with Crippen LogP contribution in [0.3, 0.4) is 0 Å². The van der Waals surface area contributed by atoms with Crippen LogP contribution in [-0.2, 0) is 9.09 Å². The highest BCUT2D eigenvalue weighted by Gasteiger charge is 2.21. The van der Waals surface area contributed by atoms with Crippen molar-refractivity contribution in [2.24, 2.45) is 0 Å². The zero-order valence-corrected chi connectivity index (χ0v) is 8.74. The lowest BCUT2D eigenvalue weighted by atomic mass is 10.3. The van der Waals surface area contributed by atoms with Crippen molar-refractivity contribution in [1.29, 1.82) is 0 Å². The van der Waals surface area contributed by atoms with E-state index in [9.17, 15) is 4.57 Å². The Balaban J connectivity index is 2.77. The molecule has 0 saturated carbocycles. The molecule has 0 aromatic heterocycles. The lowest BCUT2D eigenvalue weighted by molar-refractivity contribution is 0.290. The third kappa shape index (κ3) is 2.92. The van der Waals surface area contributed by atoms with Gasteiger partial charge in [-0.2, -0.15) is 0 Å². The second-order valence-corrected chi connectivity index (χ2v) is 4.14. The van der Waals surface area contributed by atoms with Crippen LogP contribution in [0, 0.1) is 12.1 Å². The van der Waals surface area contributed by atoms with Crippen LogP contribution < -0.4 is 4.52 Å². The van der Waals surface area contributed by atoms with Crippen molar-refractivity contribution in [2.75, 3.05) is 6.61 Å². The highest BCUT2D eigenvalue weighted by atomic mass is 31.2. The molecule has 14 heavy (non-hydrogen) atoms. The summed E-state index contributed by atoms with van der Waals surface area (Å²) in [6.45, 7) is 1.96. The number of terminal acetylenes is 1. The van der Waals surface area contributed by atoms with Crippen LogP contribution in [0.25, 0.3) is 0 Å². The average molecular weight is 210 g/mol. The Bertz CT molecular complexity index is 367. The van der Waals surface area contributed by atoms with Crippen molar-refractivity contribution in [3.05, 3.63) is 30.3 Å². The van der Waals surface area contributed by atoms with Gasteiger partial charge in [0.1, 0.15) is 5.75 Å². The van der Waals surface area contributed by atoms with E-state index in [1.807, 2.05) is 11.7 Å². The highest BCUT2D eigenvalue weighted by Crippen LogP contribution is 2.46. The Kier molecular flexibility index (Phi) is 3.76. The molecule has 0 aliphatic rings. The fraction of sp³-hybridized carbons (Fsp3) is 0.200. The lowest BCUT2D eigenvalue weighted by Crippen LogP contribution is -1.95. The summed E-state index contributed by atoms with van der Waals surface area (Å²) in [6.07, 6.45) is 5.08. The quantitative estimate of drug-likeness (QED) is 0.566. The molecular weight excluding hydrogens is 199 g/mol. The minimum atomic E-state index is -3.39. The number of para-hydroxylation sites is 1. The second kappa shape index (κ2) is 4.85. The van der Waals surface area contributed by atoms with Gasteiger partial charge in [0.2, 0.25) is 0 Å². The maximum atomic E-state index is 11.7. The Morgan fingerprint density at radius 2 is 2.07 bits per heavy atom. The number of hydrogen-bond acceptors (Lipinski definition) is 3. The van der Waals surface area contributed by atoms with E-state index >= 15 is 0 Å². The fourth-order valence-corrected chi connectivity index (χ4v) is 1.80. The van der Waals surface area contributed by atoms with E-state index in [1.54, 1.807) is 31.2 Å². The molecule has 0 saturated heterocycles. The minimum Gasteiger partial charge on any atom is -0.416 e. The number of rotatable bonds is 4. The Labute approximate surface area is 83.6 Å². The zero-order valence-electron chi connectivity index (χ0n) is 7.84. The Morgan fingerprint density at radius 1 is 1.43 bits per heavy atom. The van der Waals surface area contributed by atoms with Gasteiger partial charge < -0.3 is 4.52 Å². The van der Waals surface area contributed by atoms with E-state index in [-0.39, 0.29) is 6.61 Å². The van der Waals surface area contributed by atoms with Gasteiger partial charge in [-0.15, -0.1) is 6.42 Å². The molecule has 3 nitrogen and oxygen atoms in total. The summed E-state index contributed by atoms with van der Waals surface area (Å²) < 4.78 is 21.6. The first-order valence-corrected chi connectivity index (χ1v) is 5.71. The molecule has 0 amide bonds. The van der Waals surface area contributed by atoms with E-state index in [1.165, 1.54) is 0 Å². The molecule has 1 rings (SSSR count). The summed E-state index contributed by atoms with van der Waals surface area (Å²) in [6, 6.07) is 8.70. The summed E-state index contributed by atoms with van der Waals surface area (Å²) in [5.74, 6) is 0.447. The Morgan fingerprint density at radius 3 is 2.57 bits per heavy atom. The molecule has 0 fully saturated rings. The molecule has 74 valence electrons.